The predicted octanol–water partition coefficient (Wildman–Crippen LogP) is 3.29. The number of benzene rings is 1. The van der Waals surface area contributed by atoms with Crippen LogP contribution in [0.2, 0.25) is 5.02 Å². The Kier molecular flexibility index (Phi) is 3.25. The second-order valence-electron chi connectivity index (χ2n) is 3.10. The van der Waals surface area contributed by atoms with Gasteiger partial charge in [-0.1, -0.05) is 17.7 Å². The summed E-state index contributed by atoms with van der Waals surface area (Å²) in [4.78, 5) is 9.96. The van der Waals surface area contributed by atoms with E-state index in [0.29, 0.717) is 5.02 Å². The minimum atomic E-state index is -0.420. The first-order chi connectivity index (χ1) is 6.49. The van der Waals surface area contributed by atoms with E-state index >= 15 is 0 Å². The van der Waals surface area contributed by atoms with Crippen molar-refractivity contribution in [3.8, 4) is 0 Å². The molecule has 0 aliphatic heterocycles. The molecule has 0 aliphatic carbocycles. The Bertz CT molecular complexity index is 379. The van der Waals surface area contributed by atoms with E-state index in [4.69, 9.17) is 11.6 Å². The molecule has 0 bridgehead atoms. The number of hydrogen-bond donors (Lipinski definition) is 0. The molecule has 0 heterocycles. The van der Waals surface area contributed by atoms with Gasteiger partial charge >= 0.3 is 0 Å². The standard InChI is InChI=1S/C10H10ClNO2/c1-7-3-9(6-10(11)4-7)5-8(2)12(13)14/h3-6H,1-2H3/b8-5-. The molecule has 0 spiro atoms. The summed E-state index contributed by atoms with van der Waals surface area (Å²) in [5.74, 6) is 0. The average molecular weight is 212 g/mol. The van der Waals surface area contributed by atoms with E-state index in [0.717, 1.165) is 11.1 Å². The van der Waals surface area contributed by atoms with E-state index < -0.39 is 4.92 Å². The van der Waals surface area contributed by atoms with Crippen molar-refractivity contribution in [3.05, 3.63) is 50.2 Å². The number of aryl methyl sites for hydroxylation is 1. The number of rotatable bonds is 2. The molecule has 1 aromatic carbocycles. The summed E-state index contributed by atoms with van der Waals surface area (Å²) >= 11 is 5.81. The first-order valence-corrected chi connectivity index (χ1v) is 4.47. The fraction of sp³-hybridized carbons (Fsp3) is 0.200. The third-order valence-electron chi connectivity index (χ3n) is 1.73. The summed E-state index contributed by atoms with van der Waals surface area (Å²) in [5.41, 5.74) is 1.84. The normalized spacial score (nSPS) is 11.5. The minimum Gasteiger partial charge on any atom is -0.259 e. The Morgan fingerprint density at radius 2 is 2.14 bits per heavy atom. The van der Waals surface area contributed by atoms with Gasteiger partial charge in [0.05, 0.1) is 4.92 Å². The Morgan fingerprint density at radius 1 is 1.50 bits per heavy atom. The van der Waals surface area contributed by atoms with Crippen molar-refractivity contribution in [3.63, 3.8) is 0 Å². The summed E-state index contributed by atoms with van der Waals surface area (Å²) in [6.07, 6.45) is 1.50. The van der Waals surface area contributed by atoms with Crippen LogP contribution in [-0.2, 0) is 0 Å². The SMILES string of the molecule is C/C(=C/c1cc(C)cc(Cl)c1)[N+](=O)[O-]. The van der Waals surface area contributed by atoms with Crippen LogP contribution in [0.3, 0.4) is 0 Å². The van der Waals surface area contributed by atoms with Crippen molar-refractivity contribution in [2.24, 2.45) is 0 Å². The Morgan fingerprint density at radius 3 is 2.64 bits per heavy atom. The molecule has 0 atom stereocenters. The van der Waals surface area contributed by atoms with Gasteiger partial charge in [0.25, 0.3) is 0 Å². The maximum Gasteiger partial charge on any atom is 0.243 e. The summed E-state index contributed by atoms with van der Waals surface area (Å²) in [6, 6.07) is 5.35. The molecule has 0 saturated heterocycles. The smallest absolute Gasteiger partial charge is 0.243 e. The monoisotopic (exact) mass is 211 g/mol. The number of hydrogen-bond acceptors (Lipinski definition) is 2. The third kappa shape index (κ3) is 2.85. The maximum absolute atomic E-state index is 10.4. The lowest BCUT2D eigenvalue weighted by Crippen LogP contribution is -1.93. The van der Waals surface area contributed by atoms with Crippen LogP contribution in [0.25, 0.3) is 6.08 Å². The molecule has 4 heteroatoms. The highest BCUT2D eigenvalue weighted by Crippen LogP contribution is 2.16. The number of halogens is 1. The van der Waals surface area contributed by atoms with Crippen molar-refractivity contribution >= 4 is 17.7 Å². The Balaban J connectivity index is 3.08. The fourth-order valence-corrected chi connectivity index (χ4v) is 1.44. The lowest BCUT2D eigenvalue weighted by atomic mass is 10.1. The van der Waals surface area contributed by atoms with E-state index in [1.54, 1.807) is 12.1 Å². The molecule has 74 valence electrons. The van der Waals surface area contributed by atoms with E-state index in [9.17, 15) is 10.1 Å². The summed E-state index contributed by atoms with van der Waals surface area (Å²) in [7, 11) is 0. The zero-order valence-electron chi connectivity index (χ0n) is 7.95. The lowest BCUT2D eigenvalue weighted by molar-refractivity contribution is -0.422. The van der Waals surface area contributed by atoms with Gasteiger partial charge in [0.1, 0.15) is 0 Å². The second-order valence-corrected chi connectivity index (χ2v) is 3.54. The highest BCUT2D eigenvalue weighted by molar-refractivity contribution is 6.30. The molecule has 0 N–H and O–H groups in total. The van der Waals surface area contributed by atoms with Gasteiger partial charge in [-0.3, -0.25) is 10.1 Å². The largest absolute Gasteiger partial charge is 0.259 e. The van der Waals surface area contributed by atoms with Crippen molar-refractivity contribution in [2.75, 3.05) is 0 Å². The van der Waals surface area contributed by atoms with Crippen molar-refractivity contribution < 1.29 is 4.92 Å². The second kappa shape index (κ2) is 4.24. The molecule has 0 unspecified atom stereocenters. The molecule has 0 radical (unpaired) electrons. The zero-order valence-corrected chi connectivity index (χ0v) is 8.71. The van der Waals surface area contributed by atoms with Crippen molar-refractivity contribution in [1.82, 2.24) is 0 Å². The molecule has 0 aromatic heterocycles. The first-order valence-electron chi connectivity index (χ1n) is 4.09. The Labute approximate surface area is 87.2 Å². The number of nitro groups is 1. The van der Waals surface area contributed by atoms with Crippen LogP contribution in [0.1, 0.15) is 18.1 Å². The van der Waals surface area contributed by atoms with Gasteiger partial charge < -0.3 is 0 Å². The summed E-state index contributed by atoms with van der Waals surface area (Å²) < 4.78 is 0. The summed E-state index contributed by atoms with van der Waals surface area (Å²) in [6.45, 7) is 3.35. The van der Waals surface area contributed by atoms with E-state index in [2.05, 4.69) is 0 Å². The van der Waals surface area contributed by atoms with Gasteiger partial charge in [-0.05, 0) is 30.2 Å². The van der Waals surface area contributed by atoms with E-state index in [1.807, 2.05) is 13.0 Å². The highest BCUT2D eigenvalue weighted by Gasteiger charge is 2.02. The summed E-state index contributed by atoms with van der Waals surface area (Å²) in [5, 5.41) is 11.0. The van der Waals surface area contributed by atoms with Gasteiger partial charge in [-0.2, -0.15) is 0 Å². The topological polar surface area (TPSA) is 43.1 Å². The average Bonchev–Trinajstić information content (AvgIpc) is 2.01. The zero-order chi connectivity index (χ0) is 10.7. The van der Waals surface area contributed by atoms with Crippen molar-refractivity contribution in [2.45, 2.75) is 13.8 Å². The lowest BCUT2D eigenvalue weighted by Gasteiger charge is -1.98. The van der Waals surface area contributed by atoms with Crippen molar-refractivity contribution in [1.29, 1.82) is 0 Å². The molecule has 0 aliphatic rings. The molecule has 1 aromatic rings. The number of nitrogens with zero attached hydrogens (tertiary/aromatic N) is 1. The van der Waals surface area contributed by atoms with Crippen LogP contribution in [0.5, 0.6) is 0 Å². The van der Waals surface area contributed by atoms with Crippen LogP contribution in [0.4, 0.5) is 0 Å². The van der Waals surface area contributed by atoms with Crippen LogP contribution in [0.15, 0.2) is 23.9 Å². The van der Waals surface area contributed by atoms with Crippen LogP contribution in [0, 0.1) is 17.0 Å². The fourth-order valence-electron chi connectivity index (χ4n) is 1.14. The Hall–Kier alpha value is -1.35. The first kappa shape index (κ1) is 10.7. The molecule has 14 heavy (non-hydrogen) atoms. The third-order valence-corrected chi connectivity index (χ3v) is 1.95. The quantitative estimate of drug-likeness (QED) is 0.557. The highest BCUT2D eigenvalue weighted by atomic mass is 35.5. The molecule has 1 rings (SSSR count). The van der Waals surface area contributed by atoms with E-state index in [1.165, 1.54) is 13.0 Å². The number of allylic oxidation sites excluding steroid dienone is 1. The van der Waals surface area contributed by atoms with Crippen LogP contribution >= 0.6 is 11.6 Å². The van der Waals surface area contributed by atoms with Crippen LogP contribution in [-0.4, -0.2) is 4.92 Å². The van der Waals surface area contributed by atoms with Gasteiger partial charge in [-0.15, -0.1) is 0 Å². The molecule has 0 fully saturated rings. The van der Waals surface area contributed by atoms with Crippen LogP contribution < -0.4 is 0 Å². The predicted molar refractivity (Wildman–Crippen MR) is 56.8 cm³/mol. The minimum absolute atomic E-state index is 0.103. The van der Waals surface area contributed by atoms with Gasteiger partial charge in [-0.25, -0.2) is 0 Å². The van der Waals surface area contributed by atoms with Gasteiger partial charge in [0.2, 0.25) is 5.70 Å². The molecular weight excluding hydrogens is 202 g/mol. The molecule has 0 saturated carbocycles. The molecular formula is C10H10ClNO2. The van der Waals surface area contributed by atoms with E-state index in [-0.39, 0.29) is 5.70 Å². The van der Waals surface area contributed by atoms with Gasteiger partial charge in [0.15, 0.2) is 0 Å². The molecule has 0 amide bonds. The molecule has 3 nitrogen and oxygen atoms in total. The van der Waals surface area contributed by atoms with Gasteiger partial charge in [0, 0.05) is 18.0 Å². The maximum atomic E-state index is 10.4.